The van der Waals surface area contributed by atoms with Crippen LogP contribution in [0.1, 0.15) is 13.8 Å². The first-order valence-electron chi connectivity index (χ1n) is 4.32. The average Bonchev–Trinajstić information content (AvgIpc) is 2.16. The second-order valence-electron chi connectivity index (χ2n) is 3.18. The number of rotatable bonds is 3. The minimum atomic E-state index is -0.340. The second kappa shape index (κ2) is 4.60. The van der Waals surface area contributed by atoms with Crippen molar-refractivity contribution in [3.8, 4) is 5.75 Å². The molecule has 0 unspecified atom stereocenters. The van der Waals surface area contributed by atoms with Crippen LogP contribution >= 0.6 is 0 Å². The van der Waals surface area contributed by atoms with Gasteiger partial charge in [0.15, 0.2) is 5.75 Å². The standard InChI is InChI=1S/C10H12FNO2/c1-7(2)10(13)12-14-9-5-3-8(11)4-6-9/h3-7H,1-2H3,(H,12,13). The van der Waals surface area contributed by atoms with Crippen molar-refractivity contribution in [2.24, 2.45) is 5.92 Å². The smallest absolute Gasteiger partial charge is 0.255 e. The number of hydroxylamine groups is 1. The maximum absolute atomic E-state index is 12.5. The predicted molar refractivity (Wildman–Crippen MR) is 50.0 cm³/mol. The molecule has 0 aliphatic carbocycles. The van der Waals surface area contributed by atoms with Crippen LogP contribution < -0.4 is 10.3 Å². The van der Waals surface area contributed by atoms with Crippen LogP contribution in [0.4, 0.5) is 4.39 Å². The topological polar surface area (TPSA) is 38.3 Å². The van der Waals surface area contributed by atoms with Crippen molar-refractivity contribution in [2.75, 3.05) is 0 Å². The van der Waals surface area contributed by atoms with E-state index in [2.05, 4.69) is 5.48 Å². The Labute approximate surface area is 81.8 Å². The highest BCUT2D eigenvalue weighted by Crippen LogP contribution is 2.09. The summed E-state index contributed by atoms with van der Waals surface area (Å²) in [4.78, 5) is 16.0. The van der Waals surface area contributed by atoms with E-state index in [1.807, 2.05) is 0 Å². The molecule has 0 aliphatic heterocycles. The lowest BCUT2D eigenvalue weighted by atomic mass is 10.2. The largest absolute Gasteiger partial charge is 0.380 e. The van der Waals surface area contributed by atoms with Crippen molar-refractivity contribution in [2.45, 2.75) is 13.8 Å². The molecule has 0 atom stereocenters. The Morgan fingerprint density at radius 2 is 1.93 bits per heavy atom. The van der Waals surface area contributed by atoms with E-state index in [0.717, 1.165) is 0 Å². The van der Waals surface area contributed by atoms with Crippen molar-refractivity contribution in [1.82, 2.24) is 5.48 Å². The Hall–Kier alpha value is -1.58. The second-order valence-corrected chi connectivity index (χ2v) is 3.18. The fraction of sp³-hybridized carbons (Fsp3) is 0.300. The van der Waals surface area contributed by atoms with Crippen LogP contribution in [0.3, 0.4) is 0 Å². The minimum absolute atomic E-state index is 0.143. The third-order valence-electron chi connectivity index (χ3n) is 1.61. The van der Waals surface area contributed by atoms with E-state index in [1.165, 1.54) is 24.3 Å². The quantitative estimate of drug-likeness (QED) is 0.751. The van der Waals surface area contributed by atoms with Gasteiger partial charge in [0.25, 0.3) is 5.91 Å². The molecule has 0 fully saturated rings. The Bertz CT molecular complexity index is 308. The number of carbonyl (C=O) groups is 1. The van der Waals surface area contributed by atoms with Crippen LogP contribution in [0.2, 0.25) is 0 Å². The summed E-state index contributed by atoms with van der Waals surface area (Å²) in [5, 5.41) is 0. The molecule has 1 amide bonds. The minimum Gasteiger partial charge on any atom is -0.380 e. The summed E-state index contributed by atoms with van der Waals surface area (Å²) in [5.74, 6) is -0.294. The van der Waals surface area contributed by atoms with Crippen LogP contribution in [0.15, 0.2) is 24.3 Å². The maximum Gasteiger partial charge on any atom is 0.255 e. The van der Waals surface area contributed by atoms with E-state index >= 15 is 0 Å². The normalized spacial score (nSPS) is 10.0. The van der Waals surface area contributed by atoms with Gasteiger partial charge >= 0.3 is 0 Å². The number of halogens is 1. The lowest BCUT2D eigenvalue weighted by Gasteiger charge is -2.08. The van der Waals surface area contributed by atoms with Crippen LogP contribution in [0.25, 0.3) is 0 Å². The third-order valence-corrected chi connectivity index (χ3v) is 1.61. The van der Waals surface area contributed by atoms with Crippen LogP contribution in [0.5, 0.6) is 5.75 Å². The van der Waals surface area contributed by atoms with E-state index in [1.54, 1.807) is 13.8 Å². The SMILES string of the molecule is CC(C)C(=O)NOc1ccc(F)cc1. The molecule has 0 heterocycles. The summed E-state index contributed by atoms with van der Waals surface area (Å²) >= 11 is 0. The van der Waals surface area contributed by atoms with Gasteiger partial charge in [-0.3, -0.25) is 4.79 Å². The number of carbonyl (C=O) groups excluding carboxylic acids is 1. The summed E-state index contributed by atoms with van der Waals surface area (Å²) in [5.41, 5.74) is 2.26. The molecule has 0 saturated heterocycles. The first-order valence-corrected chi connectivity index (χ1v) is 4.32. The molecule has 1 aromatic carbocycles. The fourth-order valence-corrected chi connectivity index (χ4v) is 0.730. The summed E-state index contributed by atoms with van der Waals surface area (Å²) in [6, 6.07) is 5.40. The van der Waals surface area contributed by atoms with Crippen molar-refractivity contribution >= 4 is 5.91 Å². The average molecular weight is 197 g/mol. The van der Waals surface area contributed by atoms with Crippen molar-refractivity contribution < 1.29 is 14.0 Å². The van der Waals surface area contributed by atoms with Crippen molar-refractivity contribution in [3.05, 3.63) is 30.1 Å². The first-order chi connectivity index (χ1) is 6.59. The molecular weight excluding hydrogens is 185 g/mol. The molecule has 1 aromatic rings. The Kier molecular flexibility index (Phi) is 3.45. The lowest BCUT2D eigenvalue weighted by Crippen LogP contribution is -2.30. The van der Waals surface area contributed by atoms with Crippen LogP contribution in [-0.4, -0.2) is 5.91 Å². The zero-order valence-electron chi connectivity index (χ0n) is 8.08. The predicted octanol–water partition coefficient (Wildman–Crippen LogP) is 1.89. The molecule has 1 rings (SSSR count). The van der Waals surface area contributed by atoms with E-state index < -0.39 is 0 Å². The lowest BCUT2D eigenvalue weighted by molar-refractivity contribution is -0.130. The van der Waals surface area contributed by atoms with Crippen LogP contribution in [-0.2, 0) is 4.79 Å². The Morgan fingerprint density at radius 1 is 1.36 bits per heavy atom. The molecule has 0 bridgehead atoms. The molecule has 0 aromatic heterocycles. The Balaban J connectivity index is 2.46. The van der Waals surface area contributed by atoms with Gasteiger partial charge in [-0.15, -0.1) is 0 Å². The van der Waals surface area contributed by atoms with Crippen molar-refractivity contribution in [1.29, 1.82) is 0 Å². The van der Waals surface area contributed by atoms with Gasteiger partial charge in [0.05, 0.1) is 0 Å². The summed E-state index contributed by atoms with van der Waals surface area (Å²) in [6.07, 6.45) is 0. The third kappa shape index (κ3) is 3.05. The maximum atomic E-state index is 12.5. The highest BCUT2D eigenvalue weighted by molar-refractivity contribution is 5.76. The van der Waals surface area contributed by atoms with Gasteiger partial charge < -0.3 is 4.84 Å². The van der Waals surface area contributed by atoms with Crippen molar-refractivity contribution in [3.63, 3.8) is 0 Å². The van der Waals surface area contributed by atoms with E-state index in [0.29, 0.717) is 5.75 Å². The number of hydrogen-bond donors (Lipinski definition) is 1. The summed E-state index contributed by atoms with van der Waals surface area (Å²) in [7, 11) is 0. The molecule has 3 nitrogen and oxygen atoms in total. The van der Waals surface area contributed by atoms with Gasteiger partial charge in [-0.2, -0.15) is 5.48 Å². The number of benzene rings is 1. The Morgan fingerprint density at radius 3 is 2.43 bits per heavy atom. The van der Waals surface area contributed by atoms with E-state index in [-0.39, 0.29) is 17.6 Å². The molecule has 1 N–H and O–H groups in total. The first kappa shape index (κ1) is 10.5. The van der Waals surface area contributed by atoms with Crippen LogP contribution in [0, 0.1) is 11.7 Å². The molecular formula is C10H12FNO2. The van der Waals surface area contributed by atoms with Gasteiger partial charge in [-0.05, 0) is 24.3 Å². The number of amides is 1. The van der Waals surface area contributed by atoms with E-state index in [9.17, 15) is 9.18 Å². The molecule has 0 saturated carbocycles. The molecule has 0 spiro atoms. The molecule has 0 aliphatic rings. The number of hydrogen-bond acceptors (Lipinski definition) is 2. The highest BCUT2D eigenvalue weighted by Gasteiger charge is 2.06. The van der Waals surface area contributed by atoms with Gasteiger partial charge in [0, 0.05) is 5.92 Å². The van der Waals surface area contributed by atoms with E-state index in [4.69, 9.17) is 4.84 Å². The van der Waals surface area contributed by atoms with Gasteiger partial charge in [0.2, 0.25) is 0 Å². The molecule has 14 heavy (non-hydrogen) atoms. The fourth-order valence-electron chi connectivity index (χ4n) is 0.730. The van der Waals surface area contributed by atoms with Gasteiger partial charge in [0.1, 0.15) is 5.82 Å². The summed E-state index contributed by atoms with van der Waals surface area (Å²) < 4.78 is 12.5. The summed E-state index contributed by atoms with van der Waals surface area (Å²) in [6.45, 7) is 3.51. The van der Waals surface area contributed by atoms with Gasteiger partial charge in [-0.1, -0.05) is 13.8 Å². The molecule has 4 heteroatoms. The highest BCUT2D eigenvalue weighted by atomic mass is 19.1. The molecule has 76 valence electrons. The zero-order valence-corrected chi connectivity index (χ0v) is 8.08. The van der Waals surface area contributed by atoms with Gasteiger partial charge in [-0.25, -0.2) is 4.39 Å². The number of nitrogens with one attached hydrogen (secondary N) is 1. The monoisotopic (exact) mass is 197 g/mol. The zero-order chi connectivity index (χ0) is 10.6. The molecule has 0 radical (unpaired) electrons.